The molecule has 3 unspecified atom stereocenters. The van der Waals surface area contributed by atoms with Crippen molar-refractivity contribution in [1.29, 1.82) is 0 Å². The molecule has 1 saturated heterocycles. The maximum absolute atomic E-state index is 4.58. The second-order valence-corrected chi connectivity index (χ2v) is 8.20. The summed E-state index contributed by atoms with van der Waals surface area (Å²) in [6, 6.07) is 0.546. The van der Waals surface area contributed by atoms with Gasteiger partial charge in [-0.15, -0.1) is 11.3 Å². The Morgan fingerprint density at radius 2 is 2.24 bits per heavy atom. The van der Waals surface area contributed by atoms with E-state index >= 15 is 0 Å². The van der Waals surface area contributed by atoms with Crippen LogP contribution >= 0.6 is 34.9 Å². The Kier molecular flexibility index (Phi) is 5.21. The summed E-state index contributed by atoms with van der Waals surface area (Å²) in [7, 11) is 2.08. The first-order valence-corrected chi connectivity index (χ1v) is 9.00. The lowest BCUT2D eigenvalue weighted by molar-refractivity contribution is 0.526. The summed E-state index contributed by atoms with van der Waals surface area (Å²) in [5.74, 6) is 2.59. The van der Waals surface area contributed by atoms with Crippen LogP contribution in [0.15, 0.2) is 5.38 Å². The van der Waals surface area contributed by atoms with Crippen molar-refractivity contribution in [3.63, 3.8) is 0 Å². The summed E-state index contributed by atoms with van der Waals surface area (Å²) >= 11 is 5.98. The van der Waals surface area contributed by atoms with Gasteiger partial charge in [-0.1, -0.05) is 6.92 Å². The van der Waals surface area contributed by atoms with E-state index in [2.05, 4.69) is 60.1 Å². The van der Waals surface area contributed by atoms with Gasteiger partial charge in [0.25, 0.3) is 0 Å². The van der Waals surface area contributed by atoms with Crippen molar-refractivity contribution >= 4 is 34.9 Å². The number of nitrogens with one attached hydrogen (secondary N) is 1. The van der Waals surface area contributed by atoms with Crippen molar-refractivity contribution in [1.82, 2.24) is 10.3 Å². The largest absolute Gasteiger partial charge is 0.315 e. The maximum Gasteiger partial charge on any atom is 0.0897 e. The zero-order valence-corrected chi connectivity index (χ0v) is 13.1. The average molecular weight is 289 g/mol. The van der Waals surface area contributed by atoms with Crippen LogP contribution in [0, 0.1) is 6.92 Å². The third kappa shape index (κ3) is 3.63. The average Bonchev–Trinajstić information content (AvgIpc) is 2.73. The molecule has 17 heavy (non-hydrogen) atoms. The van der Waals surface area contributed by atoms with E-state index in [4.69, 9.17) is 0 Å². The van der Waals surface area contributed by atoms with Crippen LogP contribution in [0.25, 0.3) is 0 Å². The van der Waals surface area contributed by atoms with E-state index in [9.17, 15) is 0 Å². The first kappa shape index (κ1) is 13.7. The maximum atomic E-state index is 4.58. The molecule has 5 heteroatoms. The molecule has 2 heterocycles. The minimum absolute atomic E-state index is 0.546. The van der Waals surface area contributed by atoms with E-state index in [1.165, 1.54) is 22.2 Å². The van der Waals surface area contributed by atoms with Crippen molar-refractivity contribution in [2.45, 2.75) is 36.8 Å². The Labute approximate surface area is 116 Å². The molecule has 1 aromatic rings. The third-order valence-electron chi connectivity index (χ3n) is 3.10. The zero-order valence-electron chi connectivity index (χ0n) is 10.6. The summed E-state index contributed by atoms with van der Waals surface area (Å²) in [4.78, 5) is 4.58. The highest BCUT2D eigenvalue weighted by Gasteiger charge is 2.29. The van der Waals surface area contributed by atoms with Gasteiger partial charge < -0.3 is 5.32 Å². The SMILES string of the molecule is CNC(Cc1csc(C)n1)C1SCCSC1C. The molecule has 0 aliphatic carbocycles. The minimum Gasteiger partial charge on any atom is -0.315 e. The van der Waals surface area contributed by atoms with E-state index in [0.717, 1.165) is 11.7 Å². The molecule has 0 spiro atoms. The van der Waals surface area contributed by atoms with E-state index in [-0.39, 0.29) is 0 Å². The fourth-order valence-electron chi connectivity index (χ4n) is 2.20. The smallest absolute Gasteiger partial charge is 0.0897 e. The summed E-state index contributed by atoms with van der Waals surface area (Å²) in [5.41, 5.74) is 1.25. The second-order valence-electron chi connectivity index (χ2n) is 4.37. The third-order valence-corrected chi connectivity index (χ3v) is 7.17. The van der Waals surface area contributed by atoms with Crippen molar-refractivity contribution in [3.8, 4) is 0 Å². The highest BCUT2D eigenvalue weighted by molar-refractivity contribution is 8.07. The van der Waals surface area contributed by atoms with Crippen LogP contribution in [0.4, 0.5) is 0 Å². The second kappa shape index (κ2) is 6.45. The van der Waals surface area contributed by atoms with Crippen LogP contribution in [0.2, 0.25) is 0 Å². The Morgan fingerprint density at radius 1 is 1.47 bits per heavy atom. The van der Waals surface area contributed by atoms with Crippen molar-refractivity contribution in [2.24, 2.45) is 0 Å². The Morgan fingerprint density at radius 3 is 2.82 bits per heavy atom. The molecule has 0 aromatic carbocycles. The summed E-state index contributed by atoms with van der Waals surface area (Å²) in [6.07, 6.45) is 1.06. The molecule has 1 aliphatic rings. The molecule has 2 nitrogen and oxygen atoms in total. The van der Waals surface area contributed by atoms with E-state index in [1.807, 2.05) is 0 Å². The van der Waals surface area contributed by atoms with Crippen LogP contribution < -0.4 is 5.32 Å². The van der Waals surface area contributed by atoms with Crippen LogP contribution in [-0.4, -0.2) is 40.1 Å². The predicted molar refractivity (Wildman–Crippen MR) is 81.6 cm³/mol. The number of thioether (sulfide) groups is 2. The molecule has 1 N–H and O–H groups in total. The van der Waals surface area contributed by atoms with Crippen LogP contribution in [0.5, 0.6) is 0 Å². The van der Waals surface area contributed by atoms with E-state index in [1.54, 1.807) is 11.3 Å². The zero-order chi connectivity index (χ0) is 12.3. The number of thiazole rings is 1. The van der Waals surface area contributed by atoms with E-state index in [0.29, 0.717) is 11.3 Å². The topological polar surface area (TPSA) is 24.9 Å². The summed E-state index contributed by atoms with van der Waals surface area (Å²) in [6.45, 7) is 4.44. The van der Waals surface area contributed by atoms with Crippen LogP contribution in [0.1, 0.15) is 17.6 Å². The molecule has 0 radical (unpaired) electrons. The van der Waals surface area contributed by atoms with Crippen molar-refractivity contribution < 1.29 is 0 Å². The molecule has 0 saturated carbocycles. The van der Waals surface area contributed by atoms with Crippen molar-refractivity contribution in [2.75, 3.05) is 18.6 Å². The lowest BCUT2D eigenvalue weighted by Crippen LogP contribution is -2.44. The van der Waals surface area contributed by atoms with Crippen LogP contribution in [0.3, 0.4) is 0 Å². The van der Waals surface area contributed by atoms with Crippen molar-refractivity contribution in [3.05, 3.63) is 16.1 Å². The molecule has 1 aliphatic heterocycles. The van der Waals surface area contributed by atoms with Gasteiger partial charge in [-0.05, 0) is 14.0 Å². The summed E-state index contributed by atoms with van der Waals surface area (Å²) < 4.78 is 0. The van der Waals surface area contributed by atoms with Gasteiger partial charge in [0.05, 0.1) is 10.7 Å². The van der Waals surface area contributed by atoms with Gasteiger partial charge in [-0.3, -0.25) is 0 Å². The van der Waals surface area contributed by atoms with Gasteiger partial charge in [-0.2, -0.15) is 23.5 Å². The number of aryl methyl sites for hydroxylation is 1. The normalized spacial score (nSPS) is 27.0. The molecule has 0 bridgehead atoms. The fraction of sp³-hybridized carbons (Fsp3) is 0.750. The molecule has 96 valence electrons. The quantitative estimate of drug-likeness (QED) is 0.921. The molecular formula is C12H20N2S3. The molecule has 0 amide bonds. The highest BCUT2D eigenvalue weighted by Crippen LogP contribution is 2.33. The number of hydrogen-bond acceptors (Lipinski definition) is 5. The van der Waals surface area contributed by atoms with Gasteiger partial charge in [-0.25, -0.2) is 4.98 Å². The summed E-state index contributed by atoms with van der Waals surface area (Å²) in [5, 5.41) is 8.32. The van der Waals surface area contributed by atoms with Crippen LogP contribution in [-0.2, 0) is 6.42 Å². The fourth-order valence-corrected chi connectivity index (χ4v) is 5.83. The number of hydrogen-bond donors (Lipinski definition) is 1. The van der Waals surface area contributed by atoms with E-state index < -0.39 is 0 Å². The Bertz CT molecular complexity index is 353. The Balaban J connectivity index is 2.00. The number of likely N-dealkylation sites (N-methyl/N-ethyl adjacent to an activating group) is 1. The molecule has 3 atom stereocenters. The Hall–Kier alpha value is 0.290. The standard InChI is InChI=1S/C12H20N2S3/c1-8-12(16-5-4-15-8)11(13-3)6-10-7-17-9(2)14-10/h7-8,11-13H,4-6H2,1-3H3. The molecular weight excluding hydrogens is 268 g/mol. The first-order chi connectivity index (χ1) is 8.20. The monoisotopic (exact) mass is 288 g/mol. The highest BCUT2D eigenvalue weighted by atomic mass is 32.2. The minimum atomic E-state index is 0.546. The molecule has 1 fully saturated rings. The van der Waals surface area contributed by atoms with Gasteiger partial charge >= 0.3 is 0 Å². The van der Waals surface area contributed by atoms with Gasteiger partial charge in [0.1, 0.15) is 0 Å². The van der Waals surface area contributed by atoms with Gasteiger partial charge in [0.2, 0.25) is 0 Å². The number of rotatable bonds is 4. The number of nitrogens with zero attached hydrogens (tertiary/aromatic N) is 1. The van der Waals surface area contributed by atoms with Gasteiger partial charge in [0.15, 0.2) is 0 Å². The molecule has 2 rings (SSSR count). The lowest BCUT2D eigenvalue weighted by atomic mass is 10.1. The number of aromatic nitrogens is 1. The predicted octanol–water partition coefficient (Wildman–Crippen LogP) is 2.82. The molecule has 1 aromatic heterocycles. The first-order valence-electron chi connectivity index (χ1n) is 6.02. The lowest BCUT2D eigenvalue weighted by Gasteiger charge is -2.34. The van der Waals surface area contributed by atoms with Gasteiger partial charge in [0, 0.05) is 39.8 Å².